The Bertz CT molecular complexity index is 1090. The van der Waals surface area contributed by atoms with E-state index in [1.54, 1.807) is 20.9 Å². The molecule has 41 heavy (non-hydrogen) atoms. The number of nitrogens with two attached hydrogens (primary N) is 1. The monoisotopic (exact) mass is 622 g/mol. The third-order valence-electron chi connectivity index (χ3n) is 7.03. The number of aliphatic hydroxyl groups excluding tert-OH is 2. The first-order valence-corrected chi connectivity index (χ1v) is 16.5. The van der Waals surface area contributed by atoms with E-state index >= 15 is 0 Å². The van der Waals surface area contributed by atoms with E-state index in [0.717, 1.165) is 54.9 Å². The fourth-order valence-electron chi connectivity index (χ4n) is 4.17. The fraction of sp³-hybridized carbons (Fsp3) is 0.808. The van der Waals surface area contributed by atoms with Crippen molar-refractivity contribution >= 4 is 30.4 Å². The molecule has 1 unspecified atom stereocenters. The van der Waals surface area contributed by atoms with E-state index in [1.807, 2.05) is 0 Å². The van der Waals surface area contributed by atoms with Gasteiger partial charge in [0.2, 0.25) is 0 Å². The van der Waals surface area contributed by atoms with Gasteiger partial charge in [0.15, 0.2) is 11.3 Å². The number of hydrogen-bond acceptors (Lipinski definition) is 12. The second-order valence-corrected chi connectivity index (χ2v) is 14.4. The Labute approximate surface area is 246 Å². The molecule has 0 spiro atoms. The molecule has 2 heterocycles. The fourth-order valence-corrected chi connectivity index (χ4v) is 6.62. The van der Waals surface area contributed by atoms with Crippen molar-refractivity contribution < 1.29 is 38.5 Å². The van der Waals surface area contributed by atoms with Crippen molar-refractivity contribution in [1.29, 1.82) is 0 Å². The van der Waals surface area contributed by atoms with Gasteiger partial charge in [-0.15, -0.1) is 0 Å². The number of unbranched alkanes of at least 4 members (excludes halogenated alkanes) is 5. The second kappa shape index (κ2) is 15.9. The molecular weight excluding hydrogens is 575 g/mol. The largest absolute Gasteiger partial charge is 0.408 e. The average molecular weight is 623 g/mol. The number of aliphatic hydroxyl groups is 3. The average Bonchev–Trinajstić information content (AvgIpc) is 3.15. The second-order valence-electron chi connectivity index (χ2n) is 11.2. The molecule has 1 saturated heterocycles. The number of ether oxygens (including phenoxy) is 1. The van der Waals surface area contributed by atoms with Crippen molar-refractivity contribution in [3.63, 3.8) is 0 Å². The number of thioether (sulfide) groups is 1. The van der Waals surface area contributed by atoms with E-state index in [0.29, 0.717) is 6.54 Å². The number of aromatic nitrogens is 2. The first kappa shape index (κ1) is 35.8. The van der Waals surface area contributed by atoms with Gasteiger partial charge in [0.05, 0.1) is 25.2 Å². The molecule has 0 aliphatic carbocycles. The van der Waals surface area contributed by atoms with Gasteiger partial charge < -0.3 is 25.8 Å². The van der Waals surface area contributed by atoms with Crippen molar-refractivity contribution in [2.24, 2.45) is 5.41 Å². The van der Waals surface area contributed by atoms with Crippen LogP contribution in [-0.2, 0) is 23.1 Å². The van der Waals surface area contributed by atoms with E-state index in [9.17, 15) is 29.5 Å². The minimum absolute atomic E-state index is 0.00408. The summed E-state index contributed by atoms with van der Waals surface area (Å²) >= 11 is 0.969. The molecule has 5 N–H and O–H groups in total. The Morgan fingerprint density at radius 3 is 2.59 bits per heavy atom. The van der Waals surface area contributed by atoms with Crippen LogP contribution in [0.1, 0.15) is 72.4 Å². The predicted molar refractivity (Wildman–Crippen MR) is 157 cm³/mol. The maximum absolute atomic E-state index is 13.9. The van der Waals surface area contributed by atoms with Crippen LogP contribution < -0.4 is 11.4 Å². The highest BCUT2D eigenvalue weighted by Crippen LogP contribution is 2.52. The van der Waals surface area contributed by atoms with Crippen molar-refractivity contribution in [2.75, 3.05) is 44.9 Å². The quantitative estimate of drug-likeness (QED) is 0.138. The summed E-state index contributed by atoms with van der Waals surface area (Å²) in [5.74, 6) is 0.183. The van der Waals surface area contributed by atoms with Crippen LogP contribution in [0.4, 0.5) is 5.82 Å². The molecule has 0 aromatic carbocycles. The molecule has 1 aromatic rings. The van der Waals surface area contributed by atoms with Crippen LogP contribution in [0.25, 0.3) is 0 Å². The van der Waals surface area contributed by atoms with Gasteiger partial charge in [-0.2, -0.15) is 4.98 Å². The number of anilines is 1. The van der Waals surface area contributed by atoms with E-state index in [4.69, 9.17) is 19.5 Å². The van der Waals surface area contributed by atoms with E-state index in [-0.39, 0.29) is 29.9 Å². The highest BCUT2D eigenvalue weighted by Gasteiger charge is 2.54. The molecule has 0 amide bonds. The number of carbonyl (C=O) groups is 1. The van der Waals surface area contributed by atoms with E-state index < -0.39 is 49.5 Å². The summed E-state index contributed by atoms with van der Waals surface area (Å²) in [6.45, 7) is 6.37. The lowest BCUT2D eigenvalue weighted by Gasteiger charge is -2.29. The number of hydrogen-bond donors (Lipinski definition) is 4. The summed E-state index contributed by atoms with van der Waals surface area (Å²) in [7, 11) is -2.30. The third kappa shape index (κ3) is 9.84. The van der Waals surface area contributed by atoms with Crippen molar-refractivity contribution in [1.82, 2.24) is 14.2 Å². The Kier molecular flexibility index (Phi) is 13.9. The lowest BCUT2D eigenvalue weighted by molar-refractivity contribution is -0.119. The zero-order valence-corrected chi connectivity index (χ0v) is 26.4. The molecule has 1 aliphatic heterocycles. The van der Waals surface area contributed by atoms with Crippen LogP contribution in [0.3, 0.4) is 0 Å². The molecule has 1 aliphatic rings. The van der Waals surface area contributed by atoms with Gasteiger partial charge in [-0.3, -0.25) is 18.4 Å². The Hall–Kier alpha value is -1.35. The topological polar surface area (TPSA) is 187 Å². The van der Waals surface area contributed by atoms with Crippen molar-refractivity contribution in [3.05, 3.63) is 22.7 Å². The van der Waals surface area contributed by atoms with Crippen LogP contribution in [0.2, 0.25) is 0 Å². The highest BCUT2D eigenvalue weighted by atomic mass is 32.2. The molecule has 13 nitrogen and oxygen atoms in total. The Morgan fingerprint density at radius 2 is 1.95 bits per heavy atom. The summed E-state index contributed by atoms with van der Waals surface area (Å²) in [5.41, 5.74) is 1.97. The van der Waals surface area contributed by atoms with Crippen LogP contribution in [0.5, 0.6) is 0 Å². The minimum Gasteiger partial charge on any atom is -0.395 e. The molecule has 5 atom stereocenters. The molecule has 236 valence electrons. The van der Waals surface area contributed by atoms with Gasteiger partial charge in [0, 0.05) is 18.5 Å². The van der Waals surface area contributed by atoms with Gasteiger partial charge in [0.25, 0.3) is 0 Å². The van der Waals surface area contributed by atoms with Crippen LogP contribution in [0, 0.1) is 5.41 Å². The Morgan fingerprint density at radius 1 is 1.29 bits per heavy atom. The van der Waals surface area contributed by atoms with Gasteiger partial charge in [0.1, 0.15) is 23.6 Å². The summed E-state index contributed by atoms with van der Waals surface area (Å²) in [5, 5.41) is 31.0. The smallest absolute Gasteiger partial charge is 0.395 e. The van der Waals surface area contributed by atoms with Gasteiger partial charge in [-0.1, -0.05) is 50.8 Å². The SMILES string of the molecule is CCCCCCCCN(C)P(=O)(OCCSC(=O)C(C)(C)CO)OC[C@H]1O[C@@H](n2ccc(N)nc2=O)[C@](C)(O)[C@@H]1O. The maximum Gasteiger partial charge on any atom is 0.408 e. The van der Waals surface area contributed by atoms with Gasteiger partial charge >= 0.3 is 13.4 Å². The lowest BCUT2D eigenvalue weighted by Crippen LogP contribution is -2.46. The first-order chi connectivity index (χ1) is 19.2. The normalized spacial score (nSPS) is 24.6. The molecule has 1 fully saturated rings. The Balaban J connectivity index is 2.09. The van der Waals surface area contributed by atoms with Gasteiger partial charge in [-0.25, -0.2) is 14.0 Å². The molecular formula is C26H47N4O9PS. The number of nitrogens with zero attached hydrogens (tertiary/aromatic N) is 3. The zero-order valence-electron chi connectivity index (χ0n) is 24.7. The lowest BCUT2D eigenvalue weighted by atomic mass is 9.96. The van der Waals surface area contributed by atoms with E-state index in [2.05, 4.69) is 11.9 Å². The zero-order chi connectivity index (χ0) is 30.8. The maximum atomic E-state index is 13.9. The minimum atomic E-state index is -3.92. The van der Waals surface area contributed by atoms with Crippen molar-refractivity contribution in [3.8, 4) is 0 Å². The van der Waals surface area contributed by atoms with E-state index in [1.165, 1.54) is 23.9 Å². The number of carbonyl (C=O) groups excluding carboxylic acids is 1. The molecule has 0 radical (unpaired) electrons. The van der Waals surface area contributed by atoms with Crippen LogP contribution >= 0.6 is 19.5 Å². The molecule has 1 aromatic heterocycles. The molecule has 2 rings (SSSR count). The molecule has 0 bridgehead atoms. The molecule has 15 heteroatoms. The summed E-state index contributed by atoms with van der Waals surface area (Å²) in [4.78, 5) is 28.3. The highest BCUT2D eigenvalue weighted by molar-refractivity contribution is 8.13. The summed E-state index contributed by atoms with van der Waals surface area (Å²) < 4.78 is 33.7. The summed E-state index contributed by atoms with van der Waals surface area (Å²) in [6, 6.07) is 1.36. The van der Waals surface area contributed by atoms with Crippen LogP contribution in [0.15, 0.2) is 17.1 Å². The molecule has 0 saturated carbocycles. The number of nitrogen functional groups attached to an aromatic ring is 1. The third-order valence-corrected chi connectivity index (χ3v) is 10.2. The van der Waals surface area contributed by atoms with Gasteiger partial charge in [-0.05, 0) is 40.3 Å². The standard InChI is InChI=1S/C26H47N4O9PS/c1-6-7-8-9-10-11-13-29(5)40(36,37-15-16-41-23(33)25(2,3)18-31)38-17-19-21(32)26(4,35)22(39-19)30-14-12-20(27)28-24(30)34/h12,14,19,21-22,31-32,35H,6-11,13,15-18H2,1-5H3,(H2,27,28,34)/t19-,21-,22-,26-,40?/m1/s1. The van der Waals surface area contributed by atoms with Crippen molar-refractivity contribution in [2.45, 2.75) is 90.3 Å². The predicted octanol–water partition coefficient (Wildman–Crippen LogP) is 2.55. The first-order valence-electron chi connectivity index (χ1n) is 14.0. The summed E-state index contributed by atoms with van der Waals surface area (Å²) in [6.07, 6.45) is 3.56. The number of rotatable bonds is 18. The van der Waals surface area contributed by atoms with Crippen LogP contribution in [-0.4, -0.2) is 91.6 Å².